The molecule has 0 aliphatic heterocycles. The Morgan fingerprint density at radius 3 is 1.29 bits per heavy atom. The molecular weight excluding hydrogens is 440 g/mol. The zero-order valence-corrected chi connectivity index (χ0v) is 19.0. The van der Waals surface area contributed by atoms with Gasteiger partial charge in [0.2, 0.25) is 0 Å². The first kappa shape index (κ1) is 24.1. The van der Waals surface area contributed by atoms with Crippen molar-refractivity contribution in [2.45, 2.75) is 27.7 Å². The maximum absolute atomic E-state index is 12.7. The van der Waals surface area contributed by atoms with Crippen molar-refractivity contribution in [3.8, 4) is 0 Å². The average molecular weight is 462 g/mol. The molecule has 0 unspecified atom stereocenters. The molecule has 174 valence electrons. The van der Waals surface area contributed by atoms with Crippen LogP contribution in [-0.4, -0.2) is 21.7 Å². The second-order valence-corrected chi connectivity index (χ2v) is 8.02. The number of nitro benzene ring substituents is 2. The summed E-state index contributed by atoms with van der Waals surface area (Å²) in [4.78, 5) is 46.5. The minimum absolute atomic E-state index is 0.155. The zero-order chi connectivity index (χ0) is 25.2. The van der Waals surface area contributed by atoms with Crippen LogP contribution in [0.15, 0.2) is 48.5 Å². The van der Waals surface area contributed by atoms with Crippen molar-refractivity contribution in [1.82, 2.24) is 0 Å². The summed E-state index contributed by atoms with van der Waals surface area (Å²) in [6, 6.07) is 11.6. The predicted octanol–water partition coefficient (Wildman–Crippen LogP) is 5.24. The summed E-state index contributed by atoms with van der Waals surface area (Å²) in [5, 5.41) is 27.7. The summed E-state index contributed by atoms with van der Waals surface area (Å²) < 4.78 is 0. The van der Waals surface area contributed by atoms with Crippen LogP contribution in [-0.2, 0) is 0 Å². The van der Waals surface area contributed by atoms with Crippen LogP contribution in [0.4, 0.5) is 22.7 Å². The number of hydrogen-bond donors (Lipinski definition) is 2. The molecule has 0 saturated heterocycles. The lowest BCUT2D eigenvalue weighted by atomic mass is 10.1. The van der Waals surface area contributed by atoms with Crippen molar-refractivity contribution in [2.75, 3.05) is 10.6 Å². The second kappa shape index (κ2) is 9.49. The van der Waals surface area contributed by atoms with Crippen LogP contribution in [0.5, 0.6) is 0 Å². The Morgan fingerprint density at radius 2 is 0.971 bits per heavy atom. The van der Waals surface area contributed by atoms with Crippen LogP contribution in [0.3, 0.4) is 0 Å². The fourth-order valence-corrected chi connectivity index (χ4v) is 3.47. The van der Waals surface area contributed by atoms with Gasteiger partial charge in [0.05, 0.1) is 9.85 Å². The molecule has 10 heteroatoms. The van der Waals surface area contributed by atoms with Crippen molar-refractivity contribution in [3.05, 3.63) is 102 Å². The predicted molar refractivity (Wildman–Crippen MR) is 127 cm³/mol. The van der Waals surface area contributed by atoms with Crippen LogP contribution in [0, 0.1) is 47.9 Å². The Bertz CT molecular complexity index is 1250. The number of non-ortho nitro benzene ring substituents is 2. The first-order chi connectivity index (χ1) is 15.9. The third-order valence-electron chi connectivity index (χ3n) is 5.14. The molecule has 0 spiro atoms. The number of benzene rings is 3. The molecule has 10 nitrogen and oxygen atoms in total. The van der Waals surface area contributed by atoms with E-state index in [4.69, 9.17) is 0 Å². The van der Waals surface area contributed by atoms with E-state index in [1.807, 2.05) is 0 Å². The van der Waals surface area contributed by atoms with Crippen molar-refractivity contribution in [1.29, 1.82) is 0 Å². The molecule has 0 atom stereocenters. The number of nitrogens with one attached hydrogen (secondary N) is 2. The fourth-order valence-electron chi connectivity index (χ4n) is 3.47. The van der Waals surface area contributed by atoms with E-state index in [2.05, 4.69) is 10.6 Å². The normalized spacial score (nSPS) is 10.5. The number of hydrogen-bond acceptors (Lipinski definition) is 6. The quantitative estimate of drug-likeness (QED) is 0.378. The zero-order valence-electron chi connectivity index (χ0n) is 19.0. The Balaban J connectivity index is 1.83. The topological polar surface area (TPSA) is 144 Å². The van der Waals surface area contributed by atoms with Crippen molar-refractivity contribution in [3.63, 3.8) is 0 Å². The van der Waals surface area contributed by atoms with Crippen LogP contribution < -0.4 is 10.6 Å². The van der Waals surface area contributed by atoms with Gasteiger partial charge >= 0.3 is 0 Å². The Morgan fingerprint density at radius 1 is 0.618 bits per heavy atom. The Hall–Kier alpha value is -4.60. The molecule has 0 radical (unpaired) electrons. The number of aryl methyl sites for hydroxylation is 4. The molecule has 3 aromatic rings. The van der Waals surface area contributed by atoms with Crippen molar-refractivity contribution >= 4 is 34.6 Å². The van der Waals surface area contributed by atoms with Gasteiger partial charge in [0.25, 0.3) is 23.2 Å². The maximum atomic E-state index is 12.7. The molecule has 2 N–H and O–H groups in total. The summed E-state index contributed by atoms with van der Waals surface area (Å²) in [6.45, 7) is 6.81. The van der Waals surface area contributed by atoms with E-state index in [9.17, 15) is 29.8 Å². The fraction of sp³-hybridized carbons (Fsp3) is 0.167. The lowest BCUT2D eigenvalue weighted by molar-refractivity contribution is -0.385. The highest BCUT2D eigenvalue weighted by Crippen LogP contribution is 2.27. The minimum Gasteiger partial charge on any atom is -0.322 e. The van der Waals surface area contributed by atoms with Crippen LogP contribution in [0.25, 0.3) is 0 Å². The second-order valence-electron chi connectivity index (χ2n) is 8.02. The molecule has 34 heavy (non-hydrogen) atoms. The lowest BCUT2D eigenvalue weighted by Gasteiger charge is -2.15. The van der Waals surface area contributed by atoms with Gasteiger partial charge in [0.15, 0.2) is 0 Å². The van der Waals surface area contributed by atoms with Gasteiger partial charge in [0, 0.05) is 46.8 Å². The maximum Gasteiger partial charge on any atom is 0.270 e. The number of rotatable bonds is 6. The van der Waals surface area contributed by atoms with Gasteiger partial charge in [-0.3, -0.25) is 29.8 Å². The number of nitrogens with zero attached hydrogens (tertiary/aromatic N) is 2. The largest absolute Gasteiger partial charge is 0.322 e. The van der Waals surface area contributed by atoms with E-state index in [-0.39, 0.29) is 22.5 Å². The van der Waals surface area contributed by atoms with Crippen molar-refractivity contribution in [2.24, 2.45) is 0 Å². The summed E-state index contributed by atoms with van der Waals surface area (Å²) in [5.41, 5.74) is 3.39. The highest BCUT2D eigenvalue weighted by molar-refractivity contribution is 6.07. The summed E-state index contributed by atoms with van der Waals surface area (Å²) >= 11 is 0. The SMILES string of the molecule is Cc1cc(C(=O)Nc2cc(C)c(NC(=O)c3cc(C)cc([N+](=O)[O-])c3)cc2C)cc([N+](=O)[O-])c1. The number of anilines is 2. The lowest BCUT2D eigenvalue weighted by Crippen LogP contribution is -2.16. The van der Waals surface area contributed by atoms with Gasteiger partial charge in [-0.25, -0.2) is 0 Å². The summed E-state index contributed by atoms with van der Waals surface area (Å²) in [5.74, 6) is -1.00. The summed E-state index contributed by atoms with van der Waals surface area (Å²) in [7, 11) is 0. The number of nitro groups is 2. The molecular formula is C24H22N4O6. The van der Waals surface area contributed by atoms with Crippen molar-refractivity contribution < 1.29 is 19.4 Å². The van der Waals surface area contributed by atoms with E-state index in [0.29, 0.717) is 33.6 Å². The first-order valence-corrected chi connectivity index (χ1v) is 10.2. The van der Waals surface area contributed by atoms with Gasteiger partial charge < -0.3 is 10.6 Å². The smallest absolute Gasteiger partial charge is 0.270 e. The van der Waals surface area contributed by atoms with E-state index >= 15 is 0 Å². The van der Waals surface area contributed by atoms with Gasteiger partial charge in [-0.15, -0.1) is 0 Å². The molecule has 0 aliphatic carbocycles. The molecule has 2 amide bonds. The van der Waals surface area contributed by atoms with E-state index < -0.39 is 21.7 Å². The van der Waals surface area contributed by atoms with E-state index in [1.54, 1.807) is 52.0 Å². The Labute approximate surface area is 194 Å². The van der Waals surface area contributed by atoms with Crippen LogP contribution in [0.1, 0.15) is 43.0 Å². The third-order valence-corrected chi connectivity index (χ3v) is 5.14. The summed E-state index contributed by atoms with van der Waals surface area (Å²) in [6.07, 6.45) is 0. The van der Waals surface area contributed by atoms with Gasteiger partial charge in [-0.2, -0.15) is 0 Å². The number of carbonyl (C=O) groups excluding carboxylic acids is 2. The third kappa shape index (κ3) is 5.41. The number of amides is 2. The first-order valence-electron chi connectivity index (χ1n) is 10.2. The monoisotopic (exact) mass is 462 g/mol. The van der Waals surface area contributed by atoms with Gasteiger partial charge in [-0.05, 0) is 74.2 Å². The average Bonchev–Trinajstić information content (AvgIpc) is 2.76. The minimum atomic E-state index is -0.556. The molecule has 0 aliphatic rings. The highest BCUT2D eigenvalue weighted by atomic mass is 16.6. The van der Waals surface area contributed by atoms with Gasteiger partial charge in [0.1, 0.15) is 0 Å². The molecule has 0 saturated carbocycles. The number of carbonyl (C=O) groups is 2. The molecule has 3 rings (SSSR count). The highest BCUT2D eigenvalue weighted by Gasteiger charge is 2.17. The van der Waals surface area contributed by atoms with Crippen LogP contribution >= 0.6 is 0 Å². The molecule has 0 fully saturated rings. The van der Waals surface area contributed by atoms with E-state index in [0.717, 1.165) is 0 Å². The van der Waals surface area contributed by atoms with E-state index in [1.165, 1.54) is 24.3 Å². The molecule has 0 heterocycles. The standard InChI is InChI=1S/C24H22N4O6/c1-13-5-17(11-19(7-13)27(31)32)23(29)25-21-9-16(4)22(10-15(21)3)26-24(30)18-6-14(2)8-20(12-18)28(33)34/h5-12H,1-4H3,(H,25,29)(H,26,30). The molecule has 3 aromatic carbocycles. The Kier molecular flexibility index (Phi) is 6.71. The van der Waals surface area contributed by atoms with Gasteiger partial charge in [-0.1, -0.05) is 0 Å². The molecule has 0 aromatic heterocycles. The van der Waals surface area contributed by atoms with Crippen LogP contribution in [0.2, 0.25) is 0 Å². The molecule has 0 bridgehead atoms.